The molecule has 4 aliphatic heterocycles. The number of carbonyl (C=O) groups is 10. The highest BCUT2D eigenvalue weighted by atomic mass is 35.5. The molecular formula is C71H88Cl2F4N8O20. The van der Waals surface area contributed by atoms with Gasteiger partial charge in [-0.3, -0.25) is 38.4 Å². The molecule has 0 fully saturated rings. The molecule has 0 aliphatic carbocycles. The van der Waals surface area contributed by atoms with Gasteiger partial charge in [0.1, 0.15) is 86.8 Å². The highest BCUT2D eigenvalue weighted by Crippen LogP contribution is 2.29. The first kappa shape index (κ1) is 88.8. The van der Waals surface area contributed by atoms with E-state index in [1.807, 2.05) is 0 Å². The number of carboxylic acid groups (broad SMARTS) is 3. The lowest BCUT2D eigenvalue weighted by Crippen LogP contribution is -2.41. The average Bonchev–Trinajstić information content (AvgIpc) is 0.825. The van der Waals surface area contributed by atoms with Gasteiger partial charge in [0.25, 0.3) is 23.6 Å². The van der Waals surface area contributed by atoms with Gasteiger partial charge in [-0.15, -0.1) is 24.8 Å². The third-order valence-electron chi connectivity index (χ3n) is 15.1. The Labute approximate surface area is 616 Å². The van der Waals surface area contributed by atoms with Crippen LogP contribution in [0.3, 0.4) is 0 Å². The normalized spacial score (nSPS) is 14.1. The molecule has 4 heterocycles. The topological polar surface area (TPSA) is 385 Å². The summed E-state index contributed by atoms with van der Waals surface area (Å²) in [6.45, 7) is 10.7. The number of aliphatic carboxylic acids is 3. The number of hydrogen-bond acceptors (Lipinski definition) is 19. The molecule has 8 rings (SSSR count). The third kappa shape index (κ3) is 29.3. The van der Waals surface area contributed by atoms with E-state index in [-0.39, 0.29) is 138 Å². The van der Waals surface area contributed by atoms with Crippen molar-refractivity contribution in [3.63, 3.8) is 0 Å². The van der Waals surface area contributed by atoms with E-state index in [1.54, 1.807) is 114 Å². The van der Waals surface area contributed by atoms with Crippen LogP contribution in [0.5, 0.6) is 23.0 Å². The summed E-state index contributed by atoms with van der Waals surface area (Å²) in [6, 6.07) is 19.6. The Morgan fingerprint density at radius 3 is 0.905 bits per heavy atom. The van der Waals surface area contributed by atoms with Crippen molar-refractivity contribution in [1.29, 1.82) is 0 Å². The van der Waals surface area contributed by atoms with Gasteiger partial charge < -0.3 is 90.2 Å². The number of nitrogens with one attached hydrogen (secondary N) is 2. The number of carboxylic acids is 3. The number of esters is 1. The van der Waals surface area contributed by atoms with Crippen molar-refractivity contribution in [1.82, 2.24) is 30.2 Å². The fraction of sp³-hybridized carbons (Fsp3) is 0.408. The lowest BCUT2D eigenvalue weighted by atomic mass is 9.98. The molecule has 0 bridgehead atoms. The van der Waals surface area contributed by atoms with Crippen LogP contribution in [0.2, 0.25) is 0 Å². The Kier molecular flexibility index (Phi) is 36.3. The van der Waals surface area contributed by atoms with Gasteiger partial charge in [-0.1, -0.05) is 0 Å². The molecule has 0 saturated carbocycles. The van der Waals surface area contributed by atoms with E-state index in [0.29, 0.717) is 134 Å². The monoisotopic (exact) mass is 1520 g/mol. The van der Waals surface area contributed by atoms with Crippen LogP contribution < -0.4 is 41.0 Å². The average molecular weight is 1520 g/mol. The molecule has 0 aromatic heterocycles. The van der Waals surface area contributed by atoms with Gasteiger partial charge in [-0.25, -0.2) is 27.2 Å². The van der Waals surface area contributed by atoms with Gasteiger partial charge >= 0.3 is 36.1 Å². The van der Waals surface area contributed by atoms with Crippen LogP contribution in [0, 0.1) is 0 Å². The third-order valence-corrected chi connectivity index (χ3v) is 15.1. The molecule has 4 aromatic carbocycles. The number of benzene rings is 4. The predicted molar refractivity (Wildman–Crippen MR) is 379 cm³/mol. The van der Waals surface area contributed by atoms with Crippen LogP contribution in [0.15, 0.2) is 120 Å². The minimum absolute atomic E-state index is 0. The van der Waals surface area contributed by atoms with Crippen molar-refractivity contribution in [2.75, 3.05) is 112 Å². The molecule has 4 aromatic rings. The van der Waals surface area contributed by atoms with Crippen LogP contribution >= 0.6 is 24.8 Å². The molecule has 574 valence electrons. The molecule has 0 saturated heterocycles. The highest BCUT2D eigenvalue weighted by Gasteiger charge is 2.31. The van der Waals surface area contributed by atoms with E-state index < -0.39 is 47.3 Å². The number of amides is 6. The number of ether oxygens (including phenoxy) is 7. The molecule has 4 aliphatic rings. The number of alkyl carbamates (subject to hydrolysis) is 2. The number of carbonyl (C=O) groups excluding carboxylic acids is 7. The van der Waals surface area contributed by atoms with Crippen LogP contribution in [-0.4, -0.2) is 218 Å². The Morgan fingerprint density at radius 1 is 0.438 bits per heavy atom. The summed E-state index contributed by atoms with van der Waals surface area (Å²) in [5.41, 5.74) is 15.5. The van der Waals surface area contributed by atoms with Gasteiger partial charge in [-0.05, 0) is 162 Å². The van der Waals surface area contributed by atoms with E-state index in [2.05, 4.69) is 15.4 Å². The van der Waals surface area contributed by atoms with Gasteiger partial charge in [0.05, 0.1) is 32.4 Å². The number of hydrogen-bond donors (Lipinski definition) is 7. The summed E-state index contributed by atoms with van der Waals surface area (Å²) in [7, 11) is 1.28. The summed E-state index contributed by atoms with van der Waals surface area (Å²) in [4.78, 5) is 121. The fourth-order valence-electron chi connectivity index (χ4n) is 9.94. The lowest BCUT2D eigenvalue weighted by Gasteiger charge is -2.27. The second kappa shape index (κ2) is 43.0. The first-order valence-electron chi connectivity index (χ1n) is 32.2. The van der Waals surface area contributed by atoms with E-state index in [9.17, 15) is 65.5 Å². The molecule has 0 atom stereocenters. The fourth-order valence-corrected chi connectivity index (χ4v) is 9.94. The minimum atomic E-state index is -1.06. The first-order valence-corrected chi connectivity index (χ1v) is 32.2. The molecule has 0 radical (unpaired) electrons. The van der Waals surface area contributed by atoms with Gasteiger partial charge in [0, 0.05) is 96.9 Å². The van der Waals surface area contributed by atoms with Crippen molar-refractivity contribution in [3.8, 4) is 23.0 Å². The van der Waals surface area contributed by atoms with Crippen LogP contribution in [0.4, 0.5) is 27.2 Å². The molecular weight excluding hydrogens is 1430 g/mol. The van der Waals surface area contributed by atoms with E-state index >= 15 is 0 Å². The van der Waals surface area contributed by atoms with E-state index in [4.69, 9.17) is 55.2 Å². The Balaban J connectivity index is 0.000000364. The smallest absolute Gasteiger partial charge is 0.407 e. The predicted octanol–water partition coefficient (Wildman–Crippen LogP) is 7.91. The molecule has 28 nitrogen and oxygen atoms in total. The number of nitrogens with two attached hydrogens (primary N) is 2. The van der Waals surface area contributed by atoms with Gasteiger partial charge in [0.15, 0.2) is 0 Å². The highest BCUT2D eigenvalue weighted by molar-refractivity contribution is 6.00. The van der Waals surface area contributed by atoms with Gasteiger partial charge in [-0.2, -0.15) is 0 Å². The molecule has 0 unspecified atom stereocenters. The van der Waals surface area contributed by atoms with Crippen molar-refractivity contribution < 1.29 is 114 Å². The number of halogens is 6. The summed E-state index contributed by atoms with van der Waals surface area (Å²) in [5, 5.41) is 31.4. The zero-order valence-corrected chi connectivity index (χ0v) is 60.6. The summed E-state index contributed by atoms with van der Waals surface area (Å²) in [5.74, 6) is -2.86. The number of rotatable bonds is 26. The summed E-state index contributed by atoms with van der Waals surface area (Å²) < 4.78 is 87.9. The molecule has 34 heteroatoms. The molecule has 6 amide bonds. The zero-order chi connectivity index (χ0) is 76.1. The maximum atomic E-state index is 13.1. The number of fused-ring (bicyclic) bond motifs is 4. The Morgan fingerprint density at radius 2 is 0.686 bits per heavy atom. The Bertz CT molecular complexity index is 3760. The first-order chi connectivity index (χ1) is 48.8. The minimum Gasteiger partial charge on any atom is -0.489 e. The lowest BCUT2D eigenvalue weighted by molar-refractivity contribution is -0.141. The number of nitrogens with zero attached hydrogens (tertiary/aromatic N) is 4. The second-order valence-corrected chi connectivity index (χ2v) is 25.3. The van der Waals surface area contributed by atoms with Crippen LogP contribution in [-0.2, 0) is 59.1 Å². The van der Waals surface area contributed by atoms with Crippen molar-refractivity contribution in [2.45, 2.75) is 78.4 Å². The van der Waals surface area contributed by atoms with Crippen molar-refractivity contribution >= 4 is 84.5 Å². The zero-order valence-electron chi connectivity index (χ0n) is 58.9. The SMILES string of the molecule is CC(C)(C)OC(=O)NC/C(=C/F)COc1ccc2c(c1)CCN(CC(=O)O)C2=O.COC(=O)CN1CCc2cc(OC/C(=C\F)CNC(=O)OC(C)(C)C)ccc2C1=O.Cl.Cl.NC/C(=C/F)COc1ccc2c(c1)CCN(CC(=O)O)C2=O.NC/C(=C/F)COc1ccc2c(c1)CCN(CC(=O)O)C2=O. The van der Waals surface area contributed by atoms with Crippen molar-refractivity contribution in [3.05, 3.63) is 165 Å². The second-order valence-electron chi connectivity index (χ2n) is 25.3. The summed E-state index contributed by atoms with van der Waals surface area (Å²) >= 11 is 0. The Hall–Kier alpha value is -10.4. The van der Waals surface area contributed by atoms with Crippen molar-refractivity contribution in [2.24, 2.45) is 11.5 Å². The standard InChI is InChI=1S/C21H27FN2O6.C20H25FN2O6.2C15H17FN2O4.2ClH/c1-21(2,3)30-20(27)23-11-14(10-22)13-29-16-5-6-17-15(9-16)7-8-24(19(17)26)12-18(25)28-4;1-20(2,3)29-19(27)22-10-13(9-21)12-28-15-4-5-16-14(8-15)6-7-23(18(16)26)11-17(24)25;2*16-6-10(7-17)9-22-12-1-2-13-11(5-12)3-4-18(15(13)21)8-14(19)20;;/h5-6,9-10H,7-8,11-13H2,1-4H3,(H,23,27);4-5,8-9H,6-7,10-12H2,1-3H3,(H,22,27)(H,24,25);2*1-2,5-6H,3-4,7-9,17H2,(H,19,20);2*1H/b14-10-;13-9-;2*10-6-;;. The van der Waals surface area contributed by atoms with E-state index in [0.717, 1.165) is 22.3 Å². The molecule has 0 spiro atoms. The molecule has 105 heavy (non-hydrogen) atoms. The molecule has 9 N–H and O–H groups in total. The van der Waals surface area contributed by atoms with Gasteiger partial charge in [0.2, 0.25) is 0 Å². The van der Waals surface area contributed by atoms with E-state index in [1.165, 1.54) is 26.7 Å². The largest absolute Gasteiger partial charge is 0.489 e. The maximum absolute atomic E-state index is 13.1. The number of methoxy groups -OCH3 is 1. The maximum Gasteiger partial charge on any atom is 0.407 e. The summed E-state index contributed by atoms with van der Waals surface area (Å²) in [6.07, 6.45) is 2.44. The quantitative estimate of drug-likeness (QED) is 0.0178. The van der Waals surface area contributed by atoms with Crippen LogP contribution in [0.25, 0.3) is 0 Å². The van der Waals surface area contributed by atoms with Crippen LogP contribution in [0.1, 0.15) is 105 Å².